The number of nitrogens with one attached hydrogen (secondary N) is 2. The molecule has 0 unspecified atom stereocenters. The molecule has 1 fully saturated rings. The smallest absolute Gasteiger partial charge is 0.326 e. The highest BCUT2D eigenvalue weighted by atomic mass is 16.5. The normalized spacial score (nSPS) is 18.0. The lowest BCUT2D eigenvalue weighted by Crippen LogP contribution is -2.52. The Morgan fingerprint density at radius 2 is 1.86 bits per heavy atom. The summed E-state index contributed by atoms with van der Waals surface area (Å²) in [5.41, 5.74) is -0.540. The SMILES string of the molecule is CC(C)(C)[C@H](NC(=O)NCCOC1CCCCC1)C(=O)O. The molecule has 0 aromatic rings. The molecule has 1 aliphatic rings. The quantitative estimate of drug-likeness (QED) is 0.656. The average Bonchev–Trinajstić information content (AvgIpc) is 2.40. The standard InChI is InChI=1S/C15H28N2O4/c1-15(2,3)12(13(18)19)17-14(20)16-9-10-21-11-7-5-4-6-8-11/h11-12H,4-10H2,1-3H3,(H,18,19)(H2,16,17,20)/t12-/m1/s1. The molecule has 6 heteroatoms. The number of urea groups is 1. The van der Waals surface area contributed by atoms with E-state index in [-0.39, 0.29) is 0 Å². The molecule has 2 amide bonds. The van der Waals surface area contributed by atoms with Crippen LogP contribution in [0, 0.1) is 5.41 Å². The zero-order chi connectivity index (χ0) is 15.9. The Balaban J connectivity index is 2.22. The fourth-order valence-corrected chi connectivity index (χ4v) is 2.45. The maximum atomic E-state index is 11.7. The number of carboxylic acids is 1. The molecule has 1 atom stereocenters. The van der Waals surface area contributed by atoms with E-state index in [1.54, 1.807) is 20.8 Å². The molecule has 0 saturated heterocycles. The van der Waals surface area contributed by atoms with Gasteiger partial charge in [-0.05, 0) is 18.3 Å². The van der Waals surface area contributed by atoms with Crippen LogP contribution in [0.1, 0.15) is 52.9 Å². The van der Waals surface area contributed by atoms with Gasteiger partial charge < -0.3 is 20.5 Å². The van der Waals surface area contributed by atoms with Crippen LogP contribution in [0.15, 0.2) is 0 Å². The third-order valence-electron chi connectivity index (χ3n) is 3.68. The first-order valence-electron chi connectivity index (χ1n) is 7.69. The number of hydrogen-bond acceptors (Lipinski definition) is 3. The molecular weight excluding hydrogens is 272 g/mol. The van der Waals surface area contributed by atoms with E-state index in [9.17, 15) is 9.59 Å². The molecule has 0 aromatic carbocycles. The second-order valence-corrected chi connectivity index (χ2v) is 6.67. The van der Waals surface area contributed by atoms with E-state index in [1.165, 1.54) is 19.3 Å². The summed E-state index contributed by atoms with van der Waals surface area (Å²) in [5.74, 6) is -1.03. The van der Waals surface area contributed by atoms with E-state index >= 15 is 0 Å². The van der Waals surface area contributed by atoms with Gasteiger partial charge in [-0.3, -0.25) is 0 Å². The largest absolute Gasteiger partial charge is 0.480 e. The van der Waals surface area contributed by atoms with Crippen LogP contribution < -0.4 is 10.6 Å². The molecule has 1 aliphatic carbocycles. The number of rotatable bonds is 6. The third-order valence-corrected chi connectivity index (χ3v) is 3.68. The summed E-state index contributed by atoms with van der Waals surface area (Å²) in [6.07, 6.45) is 6.21. The first-order valence-corrected chi connectivity index (χ1v) is 7.69. The first-order chi connectivity index (χ1) is 9.80. The Bertz CT molecular complexity index is 346. The van der Waals surface area contributed by atoms with Crippen molar-refractivity contribution in [3.8, 4) is 0 Å². The first kappa shape index (κ1) is 17.8. The van der Waals surface area contributed by atoms with Crippen molar-refractivity contribution in [3.05, 3.63) is 0 Å². The molecule has 1 rings (SSSR count). The molecule has 3 N–H and O–H groups in total. The third kappa shape index (κ3) is 6.80. The Kier molecular flexibility index (Phi) is 6.95. The van der Waals surface area contributed by atoms with Crippen LogP contribution in [0.2, 0.25) is 0 Å². The van der Waals surface area contributed by atoms with Crippen molar-refractivity contribution in [2.24, 2.45) is 5.41 Å². The number of carboxylic acid groups (broad SMARTS) is 1. The minimum Gasteiger partial charge on any atom is -0.480 e. The van der Waals surface area contributed by atoms with E-state index in [4.69, 9.17) is 9.84 Å². The summed E-state index contributed by atoms with van der Waals surface area (Å²) in [7, 11) is 0. The number of carbonyl (C=O) groups excluding carboxylic acids is 1. The van der Waals surface area contributed by atoms with Crippen molar-refractivity contribution in [1.29, 1.82) is 0 Å². The number of ether oxygens (including phenoxy) is 1. The topological polar surface area (TPSA) is 87.7 Å². The van der Waals surface area contributed by atoms with Crippen LogP contribution in [0.5, 0.6) is 0 Å². The Morgan fingerprint density at radius 1 is 1.24 bits per heavy atom. The fourth-order valence-electron chi connectivity index (χ4n) is 2.45. The molecular formula is C15H28N2O4. The molecule has 6 nitrogen and oxygen atoms in total. The van der Waals surface area contributed by atoms with Crippen LogP contribution in [-0.4, -0.2) is 42.4 Å². The highest BCUT2D eigenvalue weighted by Crippen LogP contribution is 2.20. The maximum Gasteiger partial charge on any atom is 0.326 e. The maximum absolute atomic E-state index is 11.7. The highest BCUT2D eigenvalue weighted by molar-refractivity contribution is 5.83. The van der Waals surface area contributed by atoms with Gasteiger partial charge in [0, 0.05) is 6.54 Å². The summed E-state index contributed by atoms with van der Waals surface area (Å²) < 4.78 is 5.69. The van der Waals surface area contributed by atoms with Crippen LogP contribution in [0.4, 0.5) is 4.79 Å². The lowest BCUT2D eigenvalue weighted by Gasteiger charge is -2.27. The molecule has 0 spiro atoms. The lowest BCUT2D eigenvalue weighted by molar-refractivity contribution is -0.141. The zero-order valence-electron chi connectivity index (χ0n) is 13.3. The van der Waals surface area contributed by atoms with Gasteiger partial charge in [0.25, 0.3) is 0 Å². The van der Waals surface area contributed by atoms with E-state index in [0.717, 1.165) is 12.8 Å². The molecule has 122 valence electrons. The highest BCUT2D eigenvalue weighted by Gasteiger charge is 2.32. The van der Waals surface area contributed by atoms with Crippen molar-refractivity contribution in [2.75, 3.05) is 13.2 Å². The Morgan fingerprint density at radius 3 is 2.38 bits per heavy atom. The lowest BCUT2D eigenvalue weighted by atomic mass is 9.87. The van der Waals surface area contributed by atoms with Gasteiger partial charge in [-0.1, -0.05) is 40.0 Å². The van der Waals surface area contributed by atoms with Crippen molar-refractivity contribution in [1.82, 2.24) is 10.6 Å². The molecule has 0 aliphatic heterocycles. The summed E-state index contributed by atoms with van der Waals surface area (Å²) in [6.45, 7) is 6.18. The number of hydrogen-bond donors (Lipinski definition) is 3. The van der Waals surface area contributed by atoms with E-state index < -0.39 is 23.5 Å². The molecule has 21 heavy (non-hydrogen) atoms. The van der Waals surface area contributed by atoms with Crippen LogP contribution in [0.25, 0.3) is 0 Å². The van der Waals surface area contributed by atoms with Crippen LogP contribution in [0.3, 0.4) is 0 Å². The second-order valence-electron chi connectivity index (χ2n) is 6.67. The van der Waals surface area contributed by atoms with Gasteiger partial charge >= 0.3 is 12.0 Å². The van der Waals surface area contributed by atoms with E-state index in [0.29, 0.717) is 19.3 Å². The number of aliphatic carboxylic acids is 1. The second kappa shape index (κ2) is 8.22. The summed E-state index contributed by atoms with van der Waals surface area (Å²) in [6, 6.07) is -1.39. The van der Waals surface area contributed by atoms with Crippen LogP contribution in [-0.2, 0) is 9.53 Å². The molecule has 0 aromatic heterocycles. The molecule has 0 heterocycles. The molecule has 1 saturated carbocycles. The van der Waals surface area contributed by atoms with Crippen LogP contribution >= 0.6 is 0 Å². The van der Waals surface area contributed by atoms with E-state index in [2.05, 4.69) is 10.6 Å². The van der Waals surface area contributed by atoms with Gasteiger partial charge in [-0.25, -0.2) is 9.59 Å². The van der Waals surface area contributed by atoms with Crippen molar-refractivity contribution in [3.63, 3.8) is 0 Å². The molecule has 0 bridgehead atoms. The summed E-state index contributed by atoms with van der Waals surface area (Å²) in [5, 5.41) is 14.3. The van der Waals surface area contributed by atoms with Gasteiger partial charge in [0.2, 0.25) is 0 Å². The Labute approximate surface area is 126 Å². The molecule has 0 radical (unpaired) electrons. The predicted octanol–water partition coefficient (Wildman–Crippen LogP) is 2.13. The van der Waals surface area contributed by atoms with Gasteiger partial charge in [-0.2, -0.15) is 0 Å². The van der Waals surface area contributed by atoms with Crippen molar-refractivity contribution in [2.45, 2.75) is 65.0 Å². The number of carbonyl (C=O) groups is 2. The van der Waals surface area contributed by atoms with Gasteiger partial charge in [0.05, 0.1) is 12.7 Å². The van der Waals surface area contributed by atoms with Crippen molar-refractivity contribution < 1.29 is 19.4 Å². The van der Waals surface area contributed by atoms with E-state index in [1.807, 2.05) is 0 Å². The Hall–Kier alpha value is -1.30. The van der Waals surface area contributed by atoms with Crippen molar-refractivity contribution >= 4 is 12.0 Å². The van der Waals surface area contributed by atoms with Gasteiger partial charge in [-0.15, -0.1) is 0 Å². The minimum absolute atomic E-state index is 0.310. The minimum atomic E-state index is -1.03. The van der Waals surface area contributed by atoms with Gasteiger partial charge in [0.15, 0.2) is 0 Å². The zero-order valence-corrected chi connectivity index (χ0v) is 13.3. The monoisotopic (exact) mass is 300 g/mol. The fraction of sp³-hybridized carbons (Fsp3) is 0.867. The average molecular weight is 300 g/mol. The summed E-state index contributed by atoms with van der Waals surface area (Å²) >= 11 is 0. The number of amides is 2. The summed E-state index contributed by atoms with van der Waals surface area (Å²) in [4.78, 5) is 22.9. The van der Waals surface area contributed by atoms with Gasteiger partial charge in [0.1, 0.15) is 6.04 Å². The predicted molar refractivity (Wildman–Crippen MR) is 80.2 cm³/mol.